The summed E-state index contributed by atoms with van der Waals surface area (Å²) in [5.74, 6) is 5.99. The van der Waals surface area contributed by atoms with Crippen molar-refractivity contribution in [2.45, 2.75) is 62.9 Å². The Labute approximate surface area is 136 Å². The number of nitrogens with zero attached hydrogens (tertiary/aromatic N) is 1. The lowest BCUT2D eigenvalue weighted by atomic mass is 9.82. The summed E-state index contributed by atoms with van der Waals surface area (Å²) in [4.78, 5) is 4.08. The van der Waals surface area contributed by atoms with Gasteiger partial charge in [0.1, 0.15) is 0 Å². The van der Waals surface area contributed by atoms with Crippen LogP contribution in [-0.4, -0.2) is 29.6 Å². The van der Waals surface area contributed by atoms with Gasteiger partial charge >= 0.3 is 0 Å². The third-order valence-corrected chi connectivity index (χ3v) is 6.59. The van der Waals surface area contributed by atoms with Crippen LogP contribution in [0, 0.1) is 0 Å². The molecular formula is C16H26ClN3S. The summed E-state index contributed by atoms with van der Waals surface area (Å²) < 4.78 is 0.874. The van der Waals surface area contributed by atoms with Gasteiger partial charge < -0.3 is 0 Å². The first-order chi connectivity index (χ1) is 10.2. The minimum atomic E-state index is 0.256. The first-order valence-corrected chi connectivity index (χ1v) is 9.39. The topological polar surface area (TPSA) is 41.3 Å². The van der Waals surface area contributed by atoms with Gasteiger partial charge in [0, 0.05) is 22.9 Å². The number of nitrogens with two attached hydrogens (primary N) is 1. The SMILES string of the molecule is NNC(Cc1ccc(Cl)s1)C1(N2CCCCC2)CCCC1. The average Bonchev–Trinajstić information content (AvgIpc) is 3.15. The quantitative estimate of drug-likeness (QED) is 0.641. The van der Waals surface area contributed by atoms with E-state index in [9.17, 15) is 0 Å². The van der Waals surface area contributed by atoms with Gasteiger partial charge in [0.2, 0.25) is 0 Å². The first-order valence-electron chi connectivity index (χ1n) is 8.20. The highest BCUT2D eigenvalue weighted by atomic mass is 35.5. The van der Waals surface area contributed by atoms with Crippen molar-refractivity contribution in [3.05, 3.63) is 21.3 Å². The molecule has 3 nitrogen and oxygen atoms in total. The van der Waals surface area contributed by atoms with E-state index in [-0.39, 0.29) is 5.54 Å². The molecule has 1 unspecified atom stereocenters. The van der Waals surface area contributed by atoms with Crippen molar-refractivity contribution in [2.24, 2.45) is 5.84 Å². The van der Waals surface area contributed by atoms with E-state index in [2.05, 4.69) is 16.4 Å². The number of hydrazine groups is 1. The summed E-state index contributed by atoms with van der Waals surface area (Å²) in [5.41, 5.74) is 3.42. The van der Waals surface area contributed by atoms with Gasteiger partial charge in [-0.1, -0.05) is 30.9 Å². The van der Waals surface area contributed by atoms with E-state index in [1.807, 2.05) is 6.07 Å². The Hall–Kier alpha value is -0.130. The van der Waals surface area contributed by atoms with Crippen molar-refractivity contribution in [3.8, 4) is 0 Å². The smallest absolute Gasteiger partial charge is 0.0931 e. The second kappa shape index (κ2) is 6.97. The fourth-order valence-corrected chi connectivity index (χ4v) is 5.41. The maximum absolute atomic E-state index is 6.09. The van der Waals surface area contributed by atoms with E-state index in [1.165, 1.54) is 62.9 Å². The molecule has 3 rings (SSSR count). The summed E-state index contributed by atoms with van der Waals surface area (Å²) in [6.45, 7) is 2.48. The molecule has 118 valence electrons. The Morgan fingerprint density at radius 3 is 2.48 bits per heavy atom. The number of piperidine rings is 1. The summed E-state index contributed by atoms with van der Waals surface area (Å²) in [7, 11) is 0. The van der Waals surface area contributed by atoms with Gasteiger partial charge in [-0.05, 0) is 50.9 Å². The molecule has 1 aliphatic carbocycles. The van der Waals surface area contributed by atoms with Gasteiger partial charge in [-0.25, -0.2) is 0 Å². The van der Waals surface area contributed by atoms with Crippen LogP contribution in [0.25, 0.3) is 0 Å². The van der Waals surface area contributed by atoms with Crippen molar-refractivity contribution in [1.82, 2.24) is 10.3 Å². The van der Waals surface area contributed by atoms with Crippen molar-refractivity contribution >= 4 is 22.9 Å². The number of likely N-dealkylation sites (tertiary alicyclic amines) is 1. The highest BCUT2D eigenvalue weighted by molar-refractivity contribution is 7.16. The fraction of sp³-hybridized carbons (Fsp3) is 0.750. The van der Waals surface area contributed by atoms with Crippen LogP contribution in [0.3, 0.4) is 0 Å². The van der Waals surface area contributed by atoms with Crippen molar-refractivity contribution in [3.63, 3.8) is 0 Å². The Kier molecular flexibility index (Phi) is 5.23. The monoisotopic (exact) mass is 327 g/mol. The van der Waals surface area contributed by atoms with Crippen LogP contribution in [0.1, 0.15) is 49.8 Å². The molecule has 2 aliphatic rings. The second-order valence-electron chi connectivity index (χ2n) is 6.49. The zero-order valence-electron chi connectivity index (χ0n) is 12.6. The standard InChI is InChI=1S/C16H26ClN3S/c17-15-7-6-13(21-15)12-14(19-18)16(8-2-3-9-16)20-10-4-1-5-11-20/h6-7,14,19H,1-5,8-12,18H2. The van der Waals surface area contributed by atoms with E-state index in [0.29, 0.717) is 6.04 Å². The molecular weight excluding hydrogens is 302 g/mol. The van der Waals surface area contributed by atoms with E-state index >= 15 is 0 Å². The van der Waals surface area contributed by atoms with Crippen molar-refractivity contribution in [2.75, 3.05) is 13.1 Å². The van der Waals surface area contributed by atoms with Crippen LogP contribution in [0.4, 0.5) is 0 Å². The molecule has 0 amide bonds. The maximum atomic E-state index is 6.09. The number of hydrogen-bond acceptors (Lipinski definition) is 4. The van der Waals surface area contributed by atoms with Crippen molar-refractivity contribution in [1.29, 1.82) is 0 Å². The molecule has 21 heavy (non-hydrogen) atoms. The molecule has 0 spiro atoms. The Morgan fingerprint density at radius 2 is 1.90 bits per heavy atom. The second-order valence-corrected chi connectivity index (χ2v) is 8.29. The van der Waals surface area contributed by atoms with Crippen LogP contribution in [0.5, 0.6) is 0 Å². The van der Waals surface area contributed by atoms with Gasteiger partial charge in [0.05, 0.1) is 4.34 Å². The molecule has 3 N–H and O–H groups in total. The van der Waals surface area contributed by atoms with Crippen LogP contribution >= 0.6 is 22.9 Å². The highest BCUT2D eigenvalue weighted by Gasteiger charge is 2.45. The summed E-state index contributed by atoms with van der Waals surface area (Å²) in [6, 6.07) is 4.47. The Balaban J connectivity index is 1.79. The predicted octanol–water partition coefficient (Wildman–Crippen LogP) is 3.57. The summed E-state index contributed by atoms with van der Waals surface area (Å²) in [5, 5.41) is 0. The van der Waals surface area contributed by atoms with Gasteiger partial charge in [-0.2, -0.15) is 0 Å². The third-order valence-electron chi connectivity index (χ3n) is 5.34. The molecule has 1 aliphatic heterocycles. The number of halogens is 1. The van der Waals surface area contributed by atoms with Crippen LogP contribution in [0.15, 0.2) is 12.1 Å². The van der Waals surface area contributed by atoms with Crippen molar-refractivity contribution < 1.29 is 0 Å². The average molecular weight is 328 g/mol. The predicted molar refractivity (Wildman–Crippen MR) is 90.8 cm³/mol. The fourth-order valence-electron chi connectivity index (χ4n) is 4.28. The van der Waals surface area contributed by atoms with E-state index in [1.54, 1.807) is 11.3 Å². The van der Waals surface area contributed by atoms with Gasteiger partial charge in [-0.15, -0.1) is 11.3 Å². The van der Waals surface area contributed by atoms with E-state index in [4.69, 9.17) is 17.4 Å². The minimum Gasteiger partial charge on any atom is -0.296 e. The Morgan fingerprint density at radius 1 is 1.19 bits per heavy atom. The molecule has 0 aromatic carbocycles. The molecule has 1 aromatic rings. The number of thiophene rings is 1. The molecule has 2 fully saturated rings. The lowest BCUT2D eigenvalue weighted by Crippen LogP contribution is -2.63. The molecule has 0 radical (unpaired) electrons. The van der Waals surface area contributed by atoms with Crippen LogP contribution < -0.4 is 11.3 Å². The zero-order valence-corrected chi connectivity index (χ0v) is 14.2. The number of hydrogen-bond donors (Lipinski definition) is 2. The molecule has 0 bridgehead atoms. The third kappa shape index (κ3) is 3.30. The molecule has 1 saturated heterocycles. The van der Waals surface area contributed by atoms with Crippen LogP contribution in [0.2, 0.25) is 4.34 Å². The zero-order chi connectivity index (χ0) is 14.7. The van der Waals surface area contributed by atoms with Crippen LogP contribution in [-0.2, 0) is 6.42 Å². The summed E-state index contributed by atoms with van der Waals surface area (Å²) in [6.07, 6.45) is 10.3. The molecule has 1 atom stereocenters. The highest BCUT2D eigenvalue weighted by Crippen LogP contribution is 2.41. The first kappa shape index (κ1) is 15.8. The molecule has 1 saturated carbocycles. The maximum Gasteiger partial charge on any atom is 0.0931 e. The molecule has 5 heteroatoms. The minimum absolute atomic E-state index is 0.256. The summed E-state index contributed by atoms with van der Waals surface area (Å²) >= 11 is 7.77. The van der Waals surface area contributed by atoms with E-state index in [0.717, 1.165) is 10.8 Å². The van der Waals surface area contributed by atoms with Gasteiger partial charge in [-0.3, -0.25) is 16.2 Å². The lowest BCUT2D eigenvalue weighted by Gasteiger charge is -2.48. The van der Waals surface area contributed by atoms with Gasteiger partial charge in [0.15, 0.2) is 0 Å². The Bertz CT molecular complexity index is 450. The van der Waals surface area contributed by atoms with Gasteiger partial charge in [0.25, 0.3) is 0 Å². The lowest BCUT2D eigenvalue weighted by molar-refractivity contribution is 0.0368. The normalized spacial score (nSPS) is 24.3. The number of nitrogens with one attached hydrogen (secondary N) is 1. The molecule has 2 heterocycles. The molecule has 1 aromatic heterocycles. The number of rotatable bonds is 5. The van der Waals surface area contributed by atoms with E-state index < -0.39 is 0 Å². The largest absolute Gasteiger partial charge is 0.296 e.